The molecule has 0 saturated heterocycles. The van der Waals surface area contributed by atoms with Gasteiger partial charge in [-0.1, -0.05) is 0 Å². The van der Waals surface area contributed by atoms with Crippen LogP contribution in [0.2, 0.25) is 10.0 Å². The molecule has 0 aliphatic carbocycles. The first kappa shape index (κ1) is 14.8. The normalized spacial score (nSPS) is 10.2. The first-order chi connectivity index (χ1) is 8.58. The third-order valence-electron chi connectivity index (χ3n) is 2.45. The molecule has 0 saturated carbocycles. The van der Waals surface area contributed by atoms with E-state index in [9.17, 15) is 0 Å². The summed E-state index contributed by atoms with van der Waals surface area (Å²) in [5.41, 5.74) is 2.06. The van der Waals surface area contributed by atoms with Crippen LogP contribution in [0.25, 0.3) is 0 Å². The van der Waals surface area contributed by atoms with Crippen molar-refractivity contribution in [2.75, 3.05) is 0 Å². The van der Waals surface area contributed by atoms with Gasteiger partial charge in [0.1, 0.15) is 0 Å². The molecule has 0 amide bonds. The zero-order valence-electron chi connectivity index (χ0n) is 9.13. The van der Waals surface area contributed by atoms with Crippen LogP contribution < -0.4 is 0 Å². The van der Waals surface area contributed by atoms with Crippen molar-refractivity contribution in [3.05, 3.63) is 69.7 Å². The van der Waals surface area contributed by atoms with Crippen LogP contribution in [-0.2, 0) is 18.9 Å². The fourth-order valence-corrected chi connectivity index (χ4v) is 6.34. The molecule has 5 heteroatoms. The predicted molar refractivity (Wildman–Crippen MR) is 77.8 cm³/mol. The van der Waals surface area contributed by atoms with E-state index in [1.807, 2.05) is 48.5 Å². The minimum atomic E-state index is -2.57. The van der Waals surface area contributed by atoms with E-state index < -0.39 is 18.9 Å². The molecule has 0 bridgehead atoms. The summed E-state index contributed by atoms with van der Waals surface area (Å²) in [5.74, 6) is 0. The van der Waals surface area contributed by atoms with Gasteiger partial charge >= 0.3 is 132 Å². The summed E-state index contributed by atoms with van der Waals surface area (Å²) in [5, 5.41) is 1.40. The Balaban J connectivity index is 2.51. The van der Waals surface area contributed by atoms with Crippen LogP contribution in [0.4, 0.5) is 0 Å². The van der Waals surface area contributed by atoms with E-state index in [2.05, 4.69) is 0 Å². The van der Waals surface area contributed by atoms with E-state index in [0.29, 0.717) is 10.0 Å². The van der Waals surface area contributed by atoms with E-state index in [-0.39, 0.29) is 0 Å². The van der Waals surface area contributed by atoms with E-state index in [0.717, 1.165) is 14.3 Å². The number of rotatable bonds is 2. The molecule has 0 aliphatic heterocycles. The van der Waals surface area contributed by atoms with Gasteiger partial charge in [-0.05, 0) is 0 Å². The summed E-state index contributed by atoms with van der Waals surface area (Å²) in [4.78, 5) is 0. The van der Waals surface area contributed by atoms with E-state index in [1.165, 1.54) is 0 Å². The summed E-state index contributed by atoms with van der Waals surface area (Å²) in [7, 11) is 12.5. The first-order valence-corrected chi connectivity index (χ1v) is 13.5. The van der Waals surface area contributed by atoms with Gasteiger partial charge in [0.25, 0.3) is 0 Å². The fraction of sp³-hybridized carbons (Fsp3) is 0. The molecule has 0 spiro atoms. The number of hydrogen-bond acceptors (Lipinski definition) is 0. The quantitative estimate of drug-likeness (QED) is 0.629. The second-order valence-electron chi connectivity index (χ2n) is 3.65. The average molecular weight is 397 g/mol. The second-order valence-corrected chi connectivity index (χ2v) is 12.6. The average Bonchev–Trinajstić information content (AvgIpc) is 2.34. The molecule has 0 aromatic heterocycles. The molecule has 0 heterocycles. The fourth-order valence-electron chi connectivity index (χ4n) is 1.62. The Labute approximate surface area is 131 Å². The maximum absolute atomic E-state index is 6.25. The Morgan fingerprint density at radius 1 is 0.667 bits per heavy atom. The summed E-state index contributed by atoms with van der Waals surface area (Å²) >= 11 is 9.20. The Hall–Kier alpha value is 0.353. The molecule has 2 rings (SSSR count). The van der Waals surface area contributed by atoms with Crippen LogP contribution in [0.1, 0.15) is 11.1 Å². The van der Waals surface area contributed by atoms with Crippen molar-refractivity contribution in [3.63, 3.8) is 0 Å². The summed E-state index contributed by atoms with van der Waals surface area (Å²) in [6.45, 7) is 0. The monoisotopic (exact) mass is 394 g/mol. The molecule has 0 nitrogen and oxygen atoms in total. The molecule has 2 aromatic rings. The zero-order valence-corrected chi connectivity index (χ0v) is 14.6. The first-order valence-electron chi connectivity index (χ1n) is 5.15. The van der Waals surface area contributed by atoms with Gasteiger partial charge in [0.15, 0.2) is 0 Å². The van der Waals surface area contributed by atoms with Crippen LogP contribution >= 0.6 is 40.2 Å². The van der Waals surface area contributed by atoms with Crippen LogP contribution in [0.5, 0.6) is 0 Å². The van der Waals surface area contributed by atoms with Crippen LogP contribution in [-0.4, -0.2) is 3.21 Å². The molecule has 0 fully saturated rings. The van der Waals surface area contributed by atoms with Gasteiger partial charge in [-0.3, -0.25) is 0 Å². The van der Waals surface area contributed by atoms with Gasteiger partial charge in [-0.25, -0.2) is 0 Å². The molecule has 0 aliphatic rings. The van der Waals surface area contributed by atoms with Gasteiger partial charge < -0.3 is 0 Å². The van der Waals surface area contributed by atoms with Gasteiger partial charge in [0.2, 0.25) is 0 Å². The number of benzene rings is 2. The summed E-state index contributed by atoms with van der Waals surface area (Å²) in [6.07, 6.45) is 0. The maximum atomic E-state index is 6.25. The Kier molecular flexibility index (Phi) is 5.48. The Bertz CT molecular complexity index is 521. The van der Waals surface area contributed by atoms with Crippen molar-refractivity contribution in [2.24, 2.45) is 0 Å². The van der Waals surface area contributed by atoms with Crippen molar-refractivity contribution < 1.29 is 18.9 Å². The van der Waals surface area contributed by atoms with Crippen molar-refractivity contribution >= 4 is 43.4 Å². The van der Waals surface area contributed by atoms with E-state index >= 15 is 0 Å². The standard InChI is InChI=1S/C13H8Cl2.2ClH.Zr/c14-12-5-1-10(2-6-12)9-11-3-7-13(15)8-4-11;;;/h1-8H;2*1H;/q;;;+2/p-2. The Morgan fingerprint density at radius 2 is 1.00 bits per heavy atom. The van der Waals surface area contributed by atoms with E-state index in [4.69, 9.17) is 40.2 Å². The summed E-state index contributed by atoms with van der Waals surface area (Å²) < 4.78 is 1.04. The number of halogens is 4. The van der Waals surface area contributed by atoms with Crippen molar-refractivity contribution in [3.8, 4) is 0 Å². The van der Waals surface area contributed by atoms with Crippen LogP contribution in [0.15, 0.2) is 48.5 Å². The van der Waals surface area contributed by atoms with Crippen LogP contribution in [0, 0.1) is 0 Å². The second kappa shape index (κ2) is 6.68. The molecule has 92 valence electrons. The molecule has 18 heavy (non-hydrogen) atoms. The van der Waals surface area contributed by atoms with Crippen molar-refractivity contribution in [1.29, 1.82) is 0 Å². The molecule has 0 unspecified atom stereocenters. The topological polar surface area (TPSA) is 0 Å². The molecular weight excluding hydrogens is 389 g/mol. The van der Waals surface area contributed by atoms with Gasteiger partial charge in [0, 0.05) is 0 Å². The molecule has 0 radical (unpaired) electrons. The van der Waals surface area contributed by atoms with Crippen molar-refractivity contribution in [2.45, 2.75) is 0 Å². The number of hydrogen-bond donors (Lipinski definition) is 0. The molecule has 0 atom stereocenters. The molecular formula is C13H8Cl4Zr. The minimum absolute atomic E-state index is 0.698. The van der Waals surface area contributed by atoms with Gasteiger partial charge in [-0.2, -0.15) is 0 Å². The van der Waals surface area contributed by atoms with Crippen LogP contribution in [0.3, 0.4) is 0 Å². The van der Waals surface area contributed by atoms with Gasteiger partial charge in [0.05, 0.1) is 0 Å². The van der Waals surface area contributed by atoms with Crippen molar-refractivity contribution in [1.82, 2.24) is 0 Å². The van der Waals surface area contributed by atoms with E-state index in [1.54, 1.807) is 0 Å². The third kappa shape index (κ3) is 3.68. The Morgan fingerprint density at radius 3 is 1.28 bits per heavy atom. The molecule has 0 N–H and O–H groups in total. The summed E-state index contributed by atoms with van der Waals surface area (Å²) in [6, 6.07) is 15.1. The SMILES string of the molecule is Clc1ccc([C](c2ccc(Cl)cc2)=[Zr]([Cl])[Cl])cc1. The third-order valence-corrected chi connectivity index (χ3v) is 7.54. The van der Waals surface area contributed by atoms with Gasteiger partial charge in [-0.15, -0.1) is 0 Å². The predicted octanol–water partition coefficient (Wildman–Crippen LogP) is 5.49. The molecule has 2 aromatic carbocycles. The zero-order chi connectivity index (χ0) is 13.1.